The number of rotatable bonds is 7. The van der Waals surface area contributed by atoms with Gasteiger partial charge in [0.2, 0.25) is 0 Å². The van der Waals surface area contributed by atoms with Crippen LogP contribution in [-0.2, 0) is 6.54 Å². The number of thiophene rings is 1. The van der Waals surface area contributed by atoms with Gasteiger partial charge in [-0.25, -0.2) is 4.79 Å². The first-order valence-electron chi connectivity index (χ1n) is 5.72. The Bertz CT molecular complexity index is 336. The van der Waals surface area contributed by atoms with E-state index in [9.17, 15) is 4.79 Å². The van der Waals surface area contributed by atoms with Gasteiger partial charge in [-0.15, -0.1) is 11.3 Å². The van der Waals surface area contributed by atoms with Crippen molar-refractivity contribution >= 4 is 17.3 Å². The molecule has 1 aromatic rings. The largest absolute Gasteiger partial charge is 0.477 e. The monoisotopic (exact) mass is 241 g/mol. The lowest BCUT2D eigenvalue weighted by molar-refractivity contribution is 0.0701. The standard InChI is InChI=1S/C12H19NO2S/c1-3-5-10(4-2)13-8-9-6-7-16-11(9)12(14)15/h6-7,10,13H,3-5,8H2,1-2H3,(H,14,15). The van der Waals surface area contributed by atoms with Crippen LogP contribution in [0.3, 0.4) is 0 Å². The highest BCUT2D eigenvalue weighted by Crippen LogP contribution is 2.17. The van der Waals surface area contributed by atoms with Gasteiger partial charge in [-0.3, -0.25) is 0 Å². The molecule has 1 heterocycles. The molecule has 0 radical (unpaired) electrons. The summed E-state index contributed by atoms with van der Waals surface area (Å²) in [5, 5.41) is 14.2. The van der Waals surface area contributed by atoms with E-state index in [1.54, 1.807) is 0 Å². The first-order valence-corrected chi connectivity index (χ1v) is 6.60. The van der Waals surface area contributed by atoms with Crippen molar-refractivity contribution < 1.29 is 9.90 Å². The molecule has 0 aliphatic carbocycles. The lowest BCUT2D eigenvalue weighted by Crippen LogP contribution is -2.28. The van der Waals surface area contributed by atoms with Gasteiger partial charge >= 0.3 is 5.97 Å². The summed E-state index contributed by atoms with van der Waals surface area (Å²) < 4.78 is 0. The Morgan fingerprint density at radius 1 is 1.56 bits per heavy atom. The number of hydrogen-bond donors (Lipinski definition) is 2. The Morgan fingerprint density at radius 2 is 2.31 bits per heavy atom. The maximum Gasteiger partial charge on any atom is 0.346 e. The highest BCUT2D eigenvalue weighted by molar-refractivity contribution is 7.12. The first-order chi connectivity index (χ1) is 7.69. The number of carbonyl (C=O) groups is 1. The molecule has 3 nitrogen and oxygen atoms in total. The van der Waals surface area contributed by atoms with Crippen molar-refractivity contribution in [3.05, 3.63) is 21.9 Å². The summed E-state index contributed by atoms with van der Waals surface area (Å²) in [6.45, 7) is 4.97. The van der Waals surface area contributed by atoms with Crippen LogP contribution >= 0.6 is 11.3 Å². The summed E-state index contributed by atoms with van der Waals surface area (Å²) in [5.74, 6) is -0.824. The summed E-state index contributed by atoms with van der Waals surface area (Å²) >= 11 is 1.29. The molecule has 16 heavy (non-hydrogen) atoms. The summed E-state index contributed by atoms with van der Waals surface area (Å²) in [5.41, 5.74) is 0.895. The highest BCUT2D eigenvalue weighted by Gasteiger charge is 2.12. The van der Waals surface area contributed by atoms with Gasteiger partial charge in [-0.2, -0.15) is 0 Å². The molecule has 4 heteroatoms. The fraction of sp³-hybridized carbons (Fsp3) is 0.583. The lowest BCUT2D eigenvalue weighted by atomic mass is 10.1. The van der Waals surface area contributed by atoms with E-state index in [2.05, 4.69) is 19.2 Å². The number of aromatic carboxylic acids is 1. The highest BCUT2D eigenvalue weighted by atomic mass is 32.1. The molecule has 0 saturated carbocycles. The van der Waals surface area contributed by atoms with E-state index in [1.165, 1.54) is 11.3 Å². The van der Waals surface area contributed by atoms with Crippen LogP contribution in [0.4, 0.5) is 0 Å². The zero-order valence-corrected chi connectivity index (χ0v) is 10.6. The number of carboxylic acids is 1. The molecular formula is C12H19NO2S. The van der Waals surface area contributed by atoms with Gasteiger partial charge in [0.05, 0.1) is 0 Å². The second-order valence-electron chi connectivity index (χ2n) is 3.85. The van der Waals surface area contributed by atoms with Crippen LogP contribution in [0.1, 0.15) is 48.3 Å². The van der Waals surface area contributed by atoms with Gasteiger partial charge in [-0.1, -0.05) is 20.3 Å². The van der Waals surface area contributed by atoms with Crippen molar-refractivity contribution in [1.82, 2.24) is 5.32 Å². The molecule has 0 aromatic carbocycles. The van der Waals surface area contributed by atoms with Crippen molar-refractivity contribution in [1.29, 1.82) is 0 Å². The number of carboxylic acid groups (broad SMARTS) is 1. The molecule has 0 fully saturated rings. The summed E-state index contributed by atoms with van der Waals surface area (Å²) in [4.78, 5) is 11.4. The smallest absolute Gasteiger partial charge is 0.346 e. The van der Waals surface area contributed by atoms with Crippen LogP contribution in [0.2, 0.25) is 0 Å². The van der Waals surface area contributed by atoms with Crippen molar-refractivity contribution in [2.75, 3.05) is 0 Å². The fourth-order valence-electron chi connectivity index (χ4n) is 1.72. The molecule has 1 aromatic heterocycles. The minimum atomic E-state index is -0.824. The topological polar surface area (TPSA) is 49.3 Å². The summed E-state index contributed by atoms with van der Waals surface area (Å²) in [6.07, 6.45) is 3.38. The molecule has 0 aliphatic heterocycles. The minimum Gasteiger partial charge on any atom is -0.477 e. The van der Waals surface area contributed by atoms with E-state index in [-0.39, 0.29) is 0 Å². The molecule has 2 N–H and O–H groups in total. The molecule has 90 valence electrons. The molecular weight excluding hydrogens is 222 g/mol. The van der Waals surface area contributed by atoms with Crippen molar-refractivity contribution in [2.45, 2.75) is 45.7 Å². The number of nitrogens with one attached hydrogen (secondary N) is 1. The van der Waals surface area contributed by atoms with Gasteiger partial charge in [0.1, 0.15) is 4.88 Å². The Hall–Kier alpha value is -0.870. The van der Waals surface area contributed by atoms with Crippen LogP contribution in [0.5, 0.6) is 0 Å². The maximum absolute atomic E-state index is 10.9. The molecule has 0 amide bonds. The van der Waals surface area contributed by atoms with E-state index < -0.39 is 5.97 Å². The minimum absolute atomic E-state index is 0.457. The molecule has 0 saturated heterocycles. The Kier molecular flexibility index (Phi) is 5.49. The van der Waals surface area contributed by atoms with Crippen LogP contribution < -0.4 is 5.32 Å². The fourth-order valence-corrected chi connectivity index (χ4v) is 2.48. The van der Waals surface area contributed by atoms with E-state index in [0.29, 0.717) is 17.5 Å². The zero-order chi connectivity index (χ0) is 12.0. The van der Waals surface area contributed by atoms with Crippen LogP contribution in [-0.4, -0.2) is 17.1 Å². The molecule has 0 aliphatic rings. The predicted octanol–water partition coefficient (Wildman–Crippen LogP) is 3.11. The third kappa shape index (κ3) is 3.61. The van der Waals surface area contributed by atoms with Gasteiger partial charge < -0.3 is 10.4 Å². The Balaban J connectivity index is 2.53. The third-order valence-electron chi connectivity index (χ3n) is 2.65. The molecule has 0 spiro atoms. The van der Waals surface area contributed by atoms with E-state index in [0.717, 1.165) is 24.8 Å². The molecule has 1 unspecified atom stereocenters. The second-order valence-corrected chi connectivity index (χ2v) is 4.77. The summed E-state index contributed by atoms with van der Waals surface area (Å²) in [6, 6.07) is 2.38. The van der Waals surface area contributed by atoms with Crippen molar-refractivity contribution in [3.63, 3.8) is 0 Å². The van der Waals surface area contributed by atoms with Crippen LogP contribution in [0.25, 0.3) is 0 Å². The molecule has 1 atom stereocenters. The maximum atomic E-state index is 10.9. The van der Waals surface area contributed by atoms with Gasteiger partial charge in [0, 0.05) is 12.6 Å². The zero-order valence-electron chi connectivity index (χ0n) is 9.82. The molecule has 0 bridgehead atoms. The van der Waals surface area contributed by atoms with E-state index in [1.807, 2.05) is 11.4 Å². The van der Waals surface area contributed by atoms with E-state index >= 15 is 0 Å². The lowest BCUT2D eigenvalue weighted by Gasteiger charge is -2.15. The quantitative estimate of drug-likeness (QED) is 0.771. The Morgan fingerprint density at radius 3 is 2.88 bits per heavy atom. The van der Waals surface area contributed by atoms with Gasteiger partial charge in [0.15, 0.2) is 0 Å². The van der Waals surface area contributed by atoms with Gasteiger partial charge in [0.25, 0.3) is 0 Å². The SMILES string of the molecule is CCCC(CC)NCc1ccsc1C(=O)O. The third-order valence-corrected chi connectivity index (χ3v) is 3.60. The second kappa shape index (κ2) is 6.66. The van der Waals surface area contributed by atoms with Crippen LogP contribution in [0, 0.1) is 0 Å². The van der Waals surface area contributed by atoms with Crippen molar-refractivity contribution in [2.24, 2.45) is 0 Å². The average molecular weight is 241 g/mol. The van der Waals surface area contributed by atoms with Crippen LogP contribution in [0.15, 0.2) is 11.4 Å². The first kappa shape index (κ1) is 13.2. The van der Waals surface area contributed by atoms with Crippen molar-refractivity contribution in [3.8, 4) is 0 Å². The molecule has 1 rings (SSSR count). The Labute approximate surface area is 100 Å². The summed E-state index contributed by atoms with van der Waals surface area (Å²) in [7, 11) is 0. The van der Waals surface area contributed by atoms with Gasteiger partial charge in [-0.05, 0) is 29.9 Å². The number of hydrogen-bond acceptors (Lipinski definition) is 3. The predicted molar refractivity (Wildman–Crippen MR) is 67.1 cm³/mol. The van der Waals surface area contributed by atoms with E-state index in [4.69, 9.17) is 5.11 Å². The normalized spacial score (nSPS) is 12.6. The average Bonchev–Trinajstić information content (AvgIpc) is 2.72.